The van der Waals surface area contributed by atoms with Crippen LogP contribution in [0.25, 0.3) is 21.8 Å². The van der Waals surface area contributed by atoms with Gasteiger partial charge in [-0.3, -0.25) is 9.47 Å². The Balaban J connectivity index is 1.14. The molecular weight excluding hydrogens is 521 g/mol. The van der Waals surface area contributed by atoms with Gasteiger partial charge in [0, 0.05) is 42.6 Å². The van der Waals surface area contributed by atoms with Crippen LogP contribution in [0.15, 0.2) is 71.7 Å². The van der Waals surface area contributed by atoms with Crippen LogP contribution in [0.1, 0.15) is 35.6 Å². The Kier molecular flexibility index (Phi) is 6.58. The summed E-state index contributed by atoms with van der Waals surface area (Å²) in [6.45, 7) is 4.78. The van der Waals surface area contributed by atoms with Gasteiger partial charge in [-0.1, -0.05) is 30.3 Å². The number of para-hydroxylation sites is 2. The average molecular weight is 551 g/mol. The molecule has 0 atom stereocenters. The molecule has 1 saturated heterocycles. The van der Waals surface area contributed by atoms with Crippen LogP contribution in [0.3, 0.4) is 0 Å². The molecule has 0 radical (unpaired) electrons. The summed E-state index contributed by atoms with van der Waals surface area (Å²) in [5, 5.41) is 12.6. The summed E-state index contributed by atoms with van der Waals surface area (Å²) in [7, 11) is 0. The minimum absolute atomic E-state index is 0.0596. The number of aromatic amines is 1. The number of ether oxygens (including phenoxy) is 1. The molecule has 7 nitrogen and oxygen atoms in total. The molecule has 0 aliphatic carbocycles. The Hall–Kier alpha value is -4.18. The molecule has 2 N–H and O–H groups in total. The largest absolute Gasteiger partial charge is 0.573 e. The Morgan fingerprint density at radius 3 is 2.45 bits per heavy atom. The van der Waals surface area contributed by atoms with E-state index >= 15 is 0 Å². The number of aromatic hydroxyl groups is 1. The summed E-state index contributed by atoms with van der Waals surface area (Å²) in [5.41, 5.74) is 4.58. The second-order valence-electron chi connectivity index (χ2n) is 10.5. The number of rotatable bonds is 6. The molecule has 1 aliphatic rings. The summed E-state index contributed by atoms with van der Waals surface area (Å²) < 4.78 is 44.9. The predicted molar refractivity (Wildman–Crippen MR) is 147 cm³/mol. The van der Waals surface area contributed by atoms with Crippen molar-refractivity contribution in [3.8, 4) is 11.6 Å². The van der Waals surface area contributed by atoms with Gasteiger partial charge in [0.1, 0.15) is 5.75 Å². The molecule has 3 aromatic carbocycles. The maximum Gasteiger partial charge on any atom is 0.573 e. The fourth-order valence-corrected chi connectivity index (χ4v) is 5.91. The van der Waals surface area contributed by atoms with Crippen molar-refractivity contribution in [3.63, 3.8) is 0 Å². The lowest BCUT2D eigenvalue weighted by Gasteiger charge is -2.32. The monoisotopic (exact) mass is 550 g/mol. The highest BCUT2D eigenvalue weighted by molar-refractivity contribution is 5.91. The van der Waals surface area contributed by atoms with Crippen LogP contribution >= 0.6 is 0 Å². The zero-order chi connectivity index (χ0) is 28.0. The molecule has 10 heteroatoms. The van der Waals surface area contributed by atoms with Crippen LogP contribution in [-0.4, -0.2) is 43.6 Å². The topological polar surface area (TPSA) is 75.4 Å². The third-order valence-corrected chi connectivity index (χ3v) is 7.68. The SMILES string of the molecule is Cc1cc(CN2CCC(n3c(=O)[nH]c4ccccc43)CC2)cc2cn(Cc3ccc(OC(F)(F)F)cc3)c(O)c12. The predicted octanol–water partition coefficient (Wildman–Crippen LogP) is 6.08. The van der Waals surface area contributed by atoms with Gasteiger partial charge >= 0.3 is 12.1 Å². The van der Waals surface area contributed by atoms with Gasteiger partial charge < -0.3 is 19.4 Å². The number of piperidine rings is 1. The highest BCUT2D eigenvalue weighted by Gasteiger charge is 2.31. The summed E-state index contributed by atoms with van der Waals surface area (Å²) >= 11 is 0. The van der Waals surface area contributed by atoms with Gasteiger partial charge in [-0.25, -0.2) is 4.79 Å². The number of hydrogen-bond acceptors (Lipinski definition) is 4. The van der Waals surface area contributed by atoms with E-state index in [-0.39, 0.29) is 23.4 Å². The van der Waals surface area contributed by atoms with E-state index < -0.39 is 6.36 Å². The molecule has 40 heavy (non-hydrogen) atoms. The average Bonchev–Trinajstić information content (AvgIpc) is 3.40. The Bertz CT molecular complexity index is 1730. The molecule has 1 aliphatic heterocycles. The van der Waals surface area contributed by atoms with Gasteiger partial charge in [0.05, 0.1) is 17.6 Å². The van der Waals surface area contributed by atoms with Crippen molar-refractivity contribution >= 4 is 21.8 Å². The first kappa shape index (κ1) is 26.1. The lowest BCUT2D eigenvalue weighted by atomic mass is 10.0. The quantitative estimate of drug-likeness (QED) is 0.269. The van der Waals surface area contributed by atoms with Gasteiger partial charge in [-0.2, -0.15) is 0 Å². The molecule has 0 unspecified atom stereocenters. The summed E-state index contributed by atoms with van der Waals surface area (Å²) in [5.74, 6) is -0.157. The molecular formula is C30H29F3N4O3. The standard InChI is InChI=1S/C30H29F3N4O3/c1-19-14-21(16-35-12-10-23(11-13-35)37-26-5-3-2-4-25(26)34-29(37)39)15-22-18-36(28(38)27(19)22)17-20-6-8-24(9-7-20)40-30(31,32)33/h2-9,14-15,18,23,38H,10-13,16-17H2,1H3,(H,34,39). The lowest BCUT2D eigenvalue weighted by molar-refractivity contribution is -0.274. The smallest absolute Gasteiger partial charge is 0.494 e. The number of fused-ring (bicyclic) bond motifs is 2. The molecule has 0 saturated carbocycles. The fourth-order valence-electron chi connectivity index (χ4n) is 5.91. The number of H-pyrrole nitrogens is 1. The highest BCUT2D eigenvalue weighted by Crippen LogP contribution is 2.33. The molecule has 0 bridgehead atoms. The summed E-state index contributed by atoms with van der Waals surface area (Å²) in [6.07, 6.45) is -1.10. The molecule has 6 rings (SSSR count). The molecule has 0 spiro atoms. The number of hydrogen-bond donors (Lipinski definition) is 2. The maximum absolute atomic E-state index is 12.6. The Morgan fingerprint density at radius 2 is 1.73 bits per heavy atom. The van der Waals surface area contributed by atoms with Crippen LogP contribution in [0, 0.1) is 6.92 Å². The first-order valence-corrected chi connectivity index (χ1v) is 13.2. The first-order valence-electron chi connectivity index (χ1n) is 13.2. The molecule has 2 aromatic heterocycles. The van der Waals surface area contributed by atoms with E-state index in [1.165, 1.54) is 12.1 Å². The van der Waals surface area contributed by atoms with E-state index in [0.29, 0.717) is 6.54 Å². The van der Waals surface area contributed by atoms with Crippen LogP contribution < -0.4 is 10.4 Å². The zero-order valence-corrected chi connectivity index (χ0v) is 21.9. The van der Waals surface area contributed by atoms with E-state index in [1.807, 2.05) is 42.0 Å². The fraction of sp³-hybridized carbons (Fsp3) is 0.300. The van der Waals surface area contributed by atoms with Gasteiger partial charge in [0.2, 0.25) is 0 Å². The van der Waals surface area contributed by atoms with Crippen molar-refractivity contribution in [2.45, 2.75) is 45.3 Å². The summed E-state index contributed by atoms with van der Waals surface area (Å²) in [4.78, 5) is 17.9. The third kappa shape index (κ3) is 5.19. The number of halogens is 3. The Labute approximate surface area is 228 Å². The van der Waals surface area contributed by atoms with Gasteiger partial charge in [-0.15, -0.1) is 13.2 Å². The van der Waals surface area contributed by atoms with E-state index in [0.717, 1.165) is 71.0 Å². The van der Waals surface area contributed by atoms with E-state index in [2.05, 4.69) is 26.8 Å². The van der Waals surface area contributed by atoms with Crippen LogP contribution in [0.5, 0.6) is 11.6 Å². The Morgan fingerprint density at radius 1 is 1.00 bits per heavy atom. The third-order valence-electron chi connectivity index (χ3n) is 7.68. The number of nitrogens with zero attached hydrogens (tertiary/aromatic N) is 3. The summed E-state index contributed by atoms with van der Waals surface area (Å²) in [6, 6.07) is 17.8. The van der Waals surface area contributed by atoms with E-state index in [4.69, 9.17) is 0 Å². The zero-order valence-electron chi connectivity index (χ0n) is 21.9. The molecule has 3 heterocycles. The maximum atomic E-state index is 12.6. The second-order valence-corrected chi connectivity index (χ2v) is 10.5. The number of aromatic nitrogens is 3. The number of imidazole rings is 1. The lowest BCUT2D eigenvalue weighted by Crippen LogP contribution is -2.36. The van der Waals surface area contributed by atoms with Crippen molar-refractivity contribution < 1.29 is 23.0 Å². The molecule has 0 amide bonds. The number of alkyl halides is 3. The minimum atomic E-state index is -4.74. The van der Waals surface area contributed by atoms with Gasteiger partial charge in [0.15, 0.2) is 5.88 Å². The second kappa shape index (κ2) is 10.1. The number of likely N-dealkylation sites (tertiary alicyclic amines) is 1. The molecule has 208 valence electrons. The van der Waals surface area contributed by atoms with Crippen LogP contribution in [0.4, 0.5) is 13.2 Å². The van der Waals surface area contributed by atoms with Crippen molar-refractivity contribution in [3.05, 3.63) is 94.0 Å². The minimum Gasteiger partial charge on any atom is -0.494 e. The first-order chi connectivity index (χ1) is 19.1. The van der Waals surface area contributed by atoms with Crippen molar-refractivity contribution in [2.75, 3.05) is 13.1 Å². The van der Waals surface area contributed by atoms with Crippen LogP contribution in [0.2, 0.25) is 0 Å². The molecule has 1 fully saturated rings. The number of nitrogens with one attached hydrogen (secondary N) is 1. The van der Waals surface area contributed by atoms with E-state index in [1.54, 1.807) is 16.7 Å². The van der Waals surface area contributed by atoms with Gasteiger partial charge in [0.25, 0.3) is 0 Å². The van der Waals surface area contributed by atoms with Crippen molar-refractivity contribution in [1.82, 2.24) is 19.0 Å². The van der Waals surface area contributed by atoms with Crippen molar-refractivity contribution in [1.29, 1.82) is 0 Å². The van der Waals surface area contributed by atoms with E-state index in [9.17, 15) is 23.1 Å². The van der Waals surface area contributed by atoms with Crippen LogP contribution in [-0.2, 0) is 13.1 Å². The number of benzene rings is 3. The normalized spacial score (nSPS) is 15.3. The van der Waals surface area contributed by atoms with Crippen molar-refractivity contribution in [2.24, 2.45) is 0 Å². The number of aryl methyl sites for hydroxylation is 1. The molecule has 5 aromatic rings. The highest BCUT2D eigenvalue weighted by atomic mass is 19.4. The van der Waals surface area contributed by atoms with Gasteiger partial charge in [-0.05, 0) is 66.8 Å².